The fourth-order valence-electron chi connectivity index (χ4n) is 2.49. The third-order valence-corrected chi connectivity index (χ3v) is 3.72. The molecule has 5 heteroatoms. The van der Waals surface area contributed by atoms with Gasteiger partial charge in [-0.1, -0.05) is 24.6 Å². The summed E-state index contributed by atoms with van der Waals surface area (Å²) in [6.45, 7) is 2.55. The molecular formula is C15H13ClFNO2. The van der Waals surface area contributed by atoms with Gasteiger partial charge in [0.15, 0.2) is 0 Å². The predicted octanol–water partition coefficient (Wildman–Crippen LogP) is 3.41. The zero-order valence-electron chi connectivity index (χ0n) is 10.9. The first-order valence-electron chi connectivity index (χ1n) is 6.39. The molecule has 1 aliphatic heterocycles. The van der Waals surface area contributed by atoms with E-state index in [1.54, 1.807) is 6.07 Å². The highest BCUT2D eigenvalue weighted by molar-refractivity contribution is 6.31. The molecule has 0 bridgehead atoms. The van der Waals surface area contributed by atoms with Crippen molar-refractivity contribution in [1.82, 2.24) is 4.98 Å². The summed E-state index contributed by atoms with van der Waals surface area (Å²) < 4.78 is 20.1. The number of aromatic nitrogens is 1. The molecule has 2 heterocycles. The summed E-state index contributed by atoms with van der Waals surface area (Å²) in [6.07, 6.45) is 2.15. The molecule has 0 aliphatic carbocycles. The molecule has 20 heavy (non-hydrogen) atoms. The van der Waals surface area contributed by atoms with Crippen molar-refractivity contribution in [3.05, 3.63) is 51.2 Å². The van der Waals surface area contributed by atoms with Gasteiger partial charge in [-0.05, 0) is 24.0 Å². The fourth-order valence-corrected chi connectivity index (χ4v) is 2.65. The molecule has 0 spiro atoms. The van der Waals surface area contributed by atoms with Gasteiger partial charge in [-0.3, -0.25) is 4.79 Å². The maximum Gasteiger partial charge on any atom is 0.248 e. The van der Waals surface area contributed by atoms with Crippen LogP contribution in [-0.2, 0) is 6.42 Å². The molecule has 3 rings (SSSR count). The minimum absolute atomic E-state index is 0.0446. The Labute approximate surface area is 120 Å². The van der Waals surface area contributed by atoms with Gasteiger partial charge in [-0.2, -0.15) is 0 Å². The number of halogens is 2. The molecule has 1 atom stereocenters. The molecule has 1 aliphatic rings. The number of H-pyrrole nitrogens is 1. The van der Waals surface area contributed by atoms with Gasteiger partial charge in [0.1, 0.15) is 11.6 Å². The van der Waals surface area contributed by atoms with E-state index in [0.29, 0.717) is 29.9 Å². The van der Waals surface area contributed by atoms with Crippen molar-refractivity contribution in [3.8, 4) is 16.9 Å². The maximum absolute atomic E-state index is 14.4. The van der Waals surface area contributed by atoms with Gasteiger partial charge >= 0.3 is 0 Å². The summed E-state index contributed by atoms with van der Waals surface area (Å²) in [6, 6.07) is 4.72. The van der Waals surface area contributed by atoms with Crippen LogP contribution in [0, 0.1) is 11.7 Å². The summed E-state index contributed by atoms with van der Waals surface area (Å²) in [5.41, 5.74) is 1.36. The highest BCUT2D eigenvalue weighted by Gasteiger charge is 2.22. The highest BCUT2D eigenvalue weighted by atomic mass is 35.5. The summed E-state index contributed by atoms with van der Waals surface area (Å²) in [5, 5.41) is 0.0446. The Hall–Kier alpha value is -1.81. The van der Waals surface area contributed by atoms with Gasteiger partial charge in [-0.15, -0.1) is 0 Å². The lowest BCUT2D eigenvalue weighted by molar-refractivity contribution is 0.257. The van der Waals surface area contributed by atoms with Crippen LogP contribution >= 0.6 is 11.6 Å². The second-order valence-corrected chi connectivity index (χ2v) is 5.50. The van der Waals surface area contributed by atoms with Crippen LogP contribution in [0.3, 0.4) is 0 Å². The molecule has 0 fully saturated rings. The fraction of sp³-hybridized carbons (Fsp3) is 0.267. The van der Waals surface area contributed by atoms with Crippen molar-refractivity contribution >= 4 is 11.6 Å². The van der Waals surface area contributed by atoms with Crippen LogP contribution in [-0.4, -0.2) is 11.6 Å². The summed E-state index contributed by atoms with van der Waals surface area (Å²) in [5.74, 6) is 0.210. The number of benzene rings is 1. The van der Waals surface area contributed by atoms with Crippen molar-refractivity contribution in [2.24, 2.45) is 5.92 Å². The second kappa shape index (κ2) is 4.94. The van der Waals surface area contributed by atoms with E-state index in [2.05, 4.69) is 4.98 Å². The quantitative estimate of drug-likeness (QED) is 0.809. The zero-order chi connectivity index (χ0) is 14.3. The van der Waals surface area contributed by atoms with Crippen LogP contribution in [0.15, 0.2) is 29.2 Å². The van der Waals surface area contributed by atoms with Crippen LogP contribution in [0.25, 0.3) is 11.1 Å². The van der Waals surface area contributed by atoms with E-state index < -0.39 is 5.82 Å². The molecule has 2 aromatic rings. The first kappa shape index (κ1) is 13.2. The van der Waals surface area contributed by atoms with E-state index in [4.69, 9.17) is 16.3 Å². The van der Waals surface area contributed by atoms with Crippen molar-refractivity contribution in [3.63, 3.8) is 0 Å². The molecule has 0 amide bonds. The topological polar surface area (TPSA) is 42.1 Å². The van der Waals surface area contributed by atoms with Crippen molar-refractivity contribution in [1.29, 1.82) is 0 Å². The molecule has 1 unspecified atom stereocenters. The molecular weight excluding hydrogens is 281 g/mol. The van der Waals surface area contributed by atoms with Crippen LogP contribution < -0.4 is 10.3 Å². The van der Waals surface area contributed by atoms with Crippen molar-refractivity contribution in [2.45, 2.75) is 13.3 Å². The average molecular weight is 294 g/mol. The number of pyridine rings is 1. The number of nitrogens with one attached hydrogen (secondary N) is 1. The van der Waals surface area contributed by atoms with Crippen LogP contribution in [0.5, 0.6) is 5.75 Å². The van der Waals surface area contributed by atoms with Crippen LogP contribution in [0.2, 0.25) is 5.02 Å². The number of fused-ring (bicyclic) bond motifs is 3. The monoisotopic (exact) mass is 293 g/mol. The van der Waals surface area contributed by atoms with E-state index >= 15 is 0 Å². The number of hydrogen-bond acceptors (Lipinski definition) is 2. The van der Waals surface area contributed by atoms with Crippen LogP contribution in [0.4, 0.5) is 4.39 Å². The molecule has 1 aromatic heterocycles. The Kier molecular flexibility index (Phi) is 3.26. The first-order valence-corrected chi connectivity index (χ1v) is 6.77. The van der Waals surface area contributed by atoms with E-state index in [-0.39, 0.29) is 16.5 Å². The lowest BCUT2D eigenvalue weighted by Gasteiger charge is -2.22. The minimum Gasteiger partial charge on any atom is -0.491 e. The number of hydrogen-bond donors (Lipinski definition) is 1. The Morgan fingerprint density at radius 2 is 2.25 bits per heavy atom. The number of rotatable bonds is 0. The lowest BCUT2D eigenvalue weighted by atomic mass is 9.91. The van der Waals surface area contributed by atoms with Gasteiger partial charge in [0.05, 0.1) is 11.6 Å². The van der Waals surface area contributed by atoms with Gasteiger partial charge in [-0.25, -0.2) is 4.39 Å². The summed E-state index contributed by atoms with van der Waals surface area (Å²) in [7, 11) is 0. The predicted molar refractivity (Wildman–Crippen MR) is 75.8 cm³/mol. The molecule has 104 valence electrons. The Bertz CT molecular complexity index is 726. The standard InChI is InChI=1S/C15H13ClFNO2/c1-8-4-9-2-3-11(16)15(17)14(9)10-5-13(19)18-6-12(10)20-7-8/h2-3,5-6,8H,4,7H2,1H3,(H,18,19). The van der Waals surface area contributed by atoms with E-state index in [1.165, 1.54) is 12.3 Å². The molecule has 0 saturated heterocycles. The zero-order valence-corrected chi connectivity index (χ0v) is 11.6. The largest absolute Gasteiger partial charge is 0.491 e. The third kappa shape index (κ3) is 2.20. The smallest absolute Gasteiger partial charge is 0.248 e. The number of aromatic amines is 1. The van der Waals surface area contributed by atoms with Gasteiger partial charge in [0, 0.05) is 23.4 Å². The Morgan fingerprint density at radius 1 is 1.45 bits per heavy atom. The van der Waals surface area contributed by atoms with E-state index in [1.807, 2.05) is 13.0 Å². The van der Waals surface area contributed by atoms with E-state index in [0.717, 1.165) is 5.56 Å². The normalized spacial score (nSPS) is 17.4. The minimum atomic E-state index is -0.506. The lowest BCUT2D eigenvalue weighted by Crippen LogP contribution is -2.17. The van der Waals surface area contributed by atoms with Gasteiger partial charge in [0.25, 0.3) is 0 Å². The van der Waals surface area contributed by atoms with Crippen molar-refractivity contribution < 1.29 is 9.13 Å². The van der Waals surface area contributed by atoms with Crippen LogP contribution in [0.1, 0.15) is 12.5 Å². The highest BCUT2D eigenvalue weighted by Crippen LogP contribution is 2.38. The molecule has 3 nitrogen and oxygen atoms in total. The third-order valence-electron chi connectivity index (χ3n) is 3.43. The maximum atomic E-state index is 14.4. The average Bonchev–Trinajstić information content (AvgIpc) is 2.40. The van der Waals surface area contributed by atoms with E-state index in [9.17, 15) is 9.18 Å². The molecule has 1 aromatic carbocycles. The first-order chi connectivity index (χ1) is 9.56. The number of ether oxygens (including phenoxy) is 1. The second-order valence-electron chi connectivity index (χ2n) is 5.09. The van der Waals surface area contributed by atoms with Gasteiger partial charge in [0.2, 0.25) is 5.56 Å². The molecule has 0 saturated carbocycles. The summed E-state index contributed by atoms with van der Waals surface area (Å²) in [4.78, 5) is 14.1. The van der Waals surface area contributed by atoms with Crippen molar-refractivity contribution in [2.75, 3.05) is 6.61 Å². The Balaban J connectivity index is 2.34. The van der Waals surface area contributed by atoms with Gasteiger partial charge < -0.3 is 9.72 Å². The SMILES string of the molecule is CC1COc2c[nH]c(=O)cc2-c2c(ccc(Cl)c2F)C1. The molecule has 0 radical (unpaired) electrons. The Morgan fingerprint density at radius 3 is 3.05 bits per heavy atom. The summed E-state index contributed by atoms with van der Waals surface area (Å²) >= 11 is 5.88. The molecule has 1 N–H and O–H groups in total.